The minimum absolute atomic E-state index is 0.241. The van der Waals surface area contributed by atoms with Crippen LogP contribution >= 0.6 is 11.8 Å². The number of nitrogens with zero attached hydrogens (tertiary/aromatic N) is 3. The van der Waals surface area contributed by atoms with E-state index in [0.29, 0.717) is 5.95 Å². The molecule has 7 heteroatoms. The van der Waals surface area contributed by atoms with Crippen LogP contribution < -0.4 is 14.8 Å². The van der Waals surface area contributed by atoms with E-state index in [1.54, 1.807) is 11.8 Å². The number of ether oxygens (including phenoxy) is 2. The maximum Gasteiger partial charge on any atom is 0.324 e. The number of thioether (sulfide) groups is 1. The van der Waals surface area contributed by atoms with Crippen LogP contribution in [0.25, 0.3) is 0 Å². The predicted octanol–water partition coefficient (Wildman–Crippen LogP) is 1.05. The van der Waals surface area contributed by atoms with Crippen molar-refractivity contribution in [2.45, 2.75) is 13.0 Å². The first-order valence-electron chi connectivity index (χ1n) is 4.79. The standard InChI is InChI=1S/C9H16N4O2S/c1-6(5-16-4)10-7-11-8(14-2)13-9(12-7)15-3/h6H,5H2,1-4H3,(H,10,11,12,13). The lowest BCUT2D eigenvalue weighted by molar-refractivity contribution is 0.341. The first-order valence-corrected chi connectivity index (χ1v) is 6.18. The monoisotopic (exact) mass is 244 g/mol. The SMILES string of the molecule is COc1nc(NC(C)CSC)nc(OC)n1. The van der Waals surface area contributed by atoms with Crippen molar-refractivity contribution in [3.63, 3.8) is 0 Å². The quantitative estimate of drug-likeness (QED) is 0.802. The molecule has 0 radical (unpaired) electrons. The minimum Gasteiger partial charge on any atom is -0.467 e. The summed E-state index contributed by atoms with van der Waals surface area (Å²) < 4.78 is 9.90. The smallest absolute Gasteiger partial charge is 0.324 e. The van der Waals surface area contributed by atoms with Gasteiger partial charge in [-0.05, 0) is 13.2 Å². The van der Waals surface area contributed by atoms with Crippen LogP contribution in [0.5, 0.6) is 12.0 Å². The van der Waals surface area contributed by atoms with Crippen molar-refractivity contribution in [3.05, 3.63) is 0 Å². The Morgan fingerprint density at radius 1 is 1.19 bits per heavy atom. The van der Waals surface area contributed by atoms with Crippen molar-refractivity contribution in [2.24, 2.45) is 0 Å². The molecule has 0 amide bonds. The lowest BCUT2D eigenvalue weighted by Gasteiger charge is -2.12. The first-order chi connectivity index (χ1) is 7.69. The Morgan fingerprint density at radius 2 is 1.75 bits per heavy atom. The number of aromatic nitrogens is 3. The molecule has 0 aliphatic rings. The molecule has 0 aliphatic heterocycles. The van der Waals surface area contributed by atoms with E-state index in [1.165, 1.54) is 14.2 Å². The molecule has 1 rings (SSSR count). The van der Waals surface area contributed by atoms with Gasteiger partial charge in [0.1, 0.15) is 0 Å². The molecule has 0 aliphatic carbocycles. The molecular formula is C9H16N4O2S. The highest BCUT2D eigenvalue weighted by molar-refractivity contribution is 7.98. The molecule has 90 valence electrons. The average molecular weight is 244 g/mol. The Morgan fingerprint density at radius 3 is 2.19 bits per heavy atom. The molecule has 1 N–H and O–H groups in total. The fourth-order valence-electron chi connectivity index (χ4n) is 1.10. The molecule has 0 saturated carbocycles. The van der Waals surface area contributed by atoms with Gasteiger partial charge in [-0.2, -0.15) is 21.7 Å². The zero-order valence-corrected chi connectivity index (χ0v) is 10.7. The van der Waals surface area contributed by atoms with Gasteiger partial charge in [-0.1, -0.05) is 0 Å². The van der Waals surface area contributed by atoms with Crippen molar-refractivity contribution in [3.8, 4) is 12.0 Å². The molecular weight excluding hydrogens is 228 g/mol. The van der Waals surface area contributed by atoms with Gasteiger partial charge in [0.2, 0.25) is 5.95 Å². The minimum atomic E-state index is 0.241. The van der Waals surface area contributed by atoms with E-state index in [2.05, 4.69) is 27.2 Å². The fraction of sp³-hybridized carbons (Fsp3) is 0.667. The molecule has 0 saturated heterocycles. The summed E-state index contributed by atoms with van der Waals surface area (Å²) >= 11 is 1.75. The summed E-state index contributed by atoms with van der Waals surface area (Å²) in [5, 5.41) is 3.15. The summed E-state index contributed by atoms with van der Waals surface area (Å²) in [7, 11) is 3.01. The van der Waals surface area contributed by atoms with Gasteiger partial charge in [-0.15, -0.1) is 4.98 Å². The van der Waals surface area contributed by atoms with Gasteiger partial charge in [0.25, 0.3) is 0 Å². The van der Waals surface area contributed by atoms with Gasteiger partial charge in [0.05, 0.1) is 14.2 Å². The largest absolute Gasteiger partial charge is 0.467 e. The average Bonchev–Trinajstić information content (AvgIpc) is 2.28. The summed E-state index contributed by atoms with van der Waals surface area (Å²) in [6.07, 6.45) is 2.05. The molecule has 0 bridgehead atoms. The van der Waals surface area contributed by atoms with Gasteiger partial charge in [-0.25, -0.2) is 0 Å². The van der Waals surface area contributed by atoms with E-state index in [-0.39, 0.29) is 18.1 Å². The second-order valence-electron chi connectivity index (χ2n) is 3.13. The van der Waals surface area contributed by atoms with Crippen molar-refractivity contribution < 1.29 is 9.47 Å². The molecule has 0 fully saturated rings. The molecule has 0 aromatic carbocycles. The van der Waals surface area contributed by atoms with Gasteiger partial charge < -0.3 is 14.8 Å². The zero-order valence-electron chi connectivity index (χ0n) is 9.85. The molecule has 16 heavy (non-hydrogen) atoms. The maximum atomic E-state index is 4.95. The Balaban J connectivity index is 2.78. The second kappa shape index (κ2) is 6.37. The molecule has 6 nitrogen and oxygen atoms in total. The number of hydrogen-bond acceptors (Lipinski definition) is 7. The maximum absolute atomic E-state index is 4.95. The van der Waals surface area contributed by atoms with Crippen LogP contribution in [0, 0.1) is 0 Å². The van der Waals surface area contributed by atoms with Crippen LogP contribution in [0.4, 0.5) is 5.95 Å². The fourth-order valence-corrected chi connectivity index (χ4v) is 1.68. The Kier molecular flexibility index (Phi) is 5.10. The van der Waals surface area contributed by atoms with Crippen LogP contribution in [-0.2, 0) is 0 Å². The highest BCUT2D eigenvalue weighted by Gasteiger charge is 2.09. The zero-order chi connectivity index (χ0) is 12.0. The number of hydrogen-bond donors (Lipinski definition) is 1. The predicted molar refractivity (Wildman–Crippen MR) is 64.4 cm³/mol. The number of anilines is 1. The van der Waals surface area contributed by atoms with Gasteiger partial charge >= 0.3 is 12.0 Å². The molecule has 1 aromatic rings. The van der Waals surface area contributed by atoms with Gasteiger partial charge in [0, 0.05) is 11.8 Å². The van der Waals surface area contributed by atoms with E-state index in [4.69, 9.17) is 9.47 Å². The summed E-state index contributed by atoms with van der Waals surface area (Å²) in [4.78, 5) is 12.1. The van der Waals surface area contributed by atoms with Crippen LogP contribution in [0.15, 0.2) is 0 Å². The third-order valence-corrected chi connectivity index (χ3v) is 2.59. The Hall–Kier alpha value is -1.24. The second-order valence-corrected chi connectivity index (χ2v) is 4.04. The number of nitrogens with one attached hydrogen (secondary N) is 1. The van der Waals surface area contributed by atoms with E-state index in [9.17, 15) is 0 Å². The van der Waals surface area contributed by atoms with Gasteiger partial charge in [0.15, 0.2) is 0 Å². The van der Waals surface area contributed by atoms with E-state index in [0.717, 1.165) is 5.75 Å². The van der Waals surface area contributed by atoms with Crippen molar-refractivity contribution >= 4 is 17.7 Å². The molecule has 1 atom stereocenters. The summed E-state index contributed by atoms with van der Waals surface area (Å²) in [6, 6.07) is 0.753. The first kappa shape index (κ1) is 12.8. The molecule has 1 unspecified atom stereocenters. The van der Waals surface area contributed by atoms with E-state index in [1.807, 2.05) is 6.26 Å². The van der Waals surface area contributed by atoms with Crippen LogP contribution in [0.1, 0.15) is 6.92 Å². The van der Waals surface area contributed by atoms with Crippen molar-refractivity contribution in [2.75, 3.05) is 31.5 Å². The third-order valence-electron chi connectivity index (χ3n) is 1.75. The third kappa shape index (κ3) is 3.73. The topological polar surface area (TPSA) is 69.2 Å². The Bertz CT molecular complexity index is 315. The molecule has 0 spiro atoms. The van der Waals surface area contributed by atoms with Gasteiger partial charge in [-0.3, -0.25) is 0 Å². The summed E-state index contributed by atoms with van der Waals surface area (Å²) in [6.45, 7) is 2.05. The van der Waals surface area contributed by atoms with E-state index >= 15 is 0 Å². The summed E-state index contributed by atoms with van der Waals surface area (Å²) in [5.74, 6) is 1.43. The molecule has 1 heterocycles. The lowest BCUT2D eigenvalue weighted by atomic mass is 10.4. The normalized spacial score (nSPS) is 12.0. The van der Waals surface area contributed by atoms with Crippen LogP contribution in [0.2, 0.25) is 0 Å². The molecule has 1 aromatic heterocycles. The van der Waals surface area contributed by atoms with E-state index < -0.39 is 0 Å². The van der Waals surface area contributed by atoms with Crippen LogP contribution in [-0.4, -0.2) is 47.2 Å². The van der Waals surface area contributed by atoms with Crippen LogP contribution in [0.3, 0.4) is 0 Å². The highest BCUT2D eigenvalue weighted by Crippen LogP contribution is 2.13. The number of methoxy groups -OCH3 is 2. The Labute approximate surface area is 99.2 Å². The summed E-state index contributed by atoms with van der Waals surface area (Å²) in [5.41, 5.74) is 0. The lowest BCUT2D eigenvalue weighted by Crippen LogP contribution is -2.20. The number of rotatable bonds is 6. The highest BCUT2D eigenvalue weighted by atomic mass is 32.2. The van der Waals surface area contributed by atoms with Crippen molar-refractivity contribution in [1.29, 1.82) is 0 Å². The van der Waals surface area contributed by atoms with Crippen molar-refractivity contribution in [1.82, 2.24) is 15.0 Å².